The Morgan fingerprint density at radius 1 is 1.11 bits per heavy atom. The smallest absolute Gasteiger partial charge is 0.282 e. The van der Waals surface area contributed by atoms with Gasteiger partial charge in [-0.3, -0.25) is 9.89 Å². The Morgan fingerprint density at radius 2 is 1.89 bits per heavy atom. The summed E-state index contributed by atoms with van der Waals surface area (Å²) in [5.74, 6) is -1.61. The van der Waals surface area contributed by atoms with Crippen LogP contribution in [0.4, 0.5) is 26.4 Å². The molecule has 0 aliphatic carbocycles. The third-order valence-electron chi connectivity index (χ3n) is 6.78. The zero-order chi connectivity index (χ0) is 25.7. The minimum absolute atomic E-state index is 0.365. The van der Waals surface area contributed by atoms with E-state index < -0.39 is 19.0 Å². The Labute approximate surface area is 211 Å². The molecule has 2 N–H and O–H groups in total. The van der Waals surface area contributed by atoms with E-state index in [-0.39, 0.29) is 5.91 Å². The average Bonchev–Trinajstić information content (AvgIpc) is 3.51. The number of anilines is 3. The summed E-state index contributed by atoms with van der Waals surface area (Å²) in [6, 6.07) is 9.70. The maximum atomic E-state index is 13.3. The number of halogens is 2. The Hall–Kier alpha value is -4.35. The van der Waals surface area contributed by atoms with Crippen molar-refractivity contribution in [2.45, 2.75) is 25.8 Å². The van der Waals surface area contributed by atoms with Crippen LogP contribution in [-0.2, 0) is 20.0 Å². The maximum Gasteiger partial charge on any atom is 0.282 e. The van der Waals surface area contributed by atoms with Gasteiger partial charge in [-0.05, 0) is 42.7 Å². The van der Waals surface area contributed by atoms with Crippen LogP contribution < -0.4 is 10.2 Å². The van der Waals surface area contributed by atoms with E-state index in [0.717, 1.165) is 28.1 Å². The summed E-state index contributed by atoms with van der Waals surface area (Å²) in [5, 5.41) is 10.0. The van der Waals surface area contributed by atoms with Gasteiger partial charge in [-0.15, -0.1) is 0 Å². The van der Waals surface area contributed by atoms with Crippen LogP contribution in [0.25, 0.3) is 11.1 Å². The minimum Gasteiger partial charge on any atom is -0.342 e. The number of fused-ring (bicyclic) bond motifs is 1. The predicted octanol–water partition coefficient (Wildman–Crippen LogP) is 3.31. The molecule has 0 bridgehead atoms. The normalized spacial score (nSPS) is 16.3. The zero-order valence-corrected chi connectivity index (χ0v) is 20.4. The Bertz CT molecular complexity index is 1460. The zero-order valence-electron chi connectivity index (χ0n) is 20.4. The fourth-order valence-electron chi connectivity index (χ4n) is 4.79. The van der Waals surface area contributed by atoms with Crippen molar-refractivity contribution in [3.8, 4) is 11.1 Å². The van der Waals surface area contributed by atoms with Gasteiger partial charge in [0.05, 0.1) is 25.8 Å². The van der Waals surface area contributed by atoms with Gasteiger partial charge in [-0.2, -0.15) is 20.1 Å². The van der Waals surface area contributed by atoms with Gasteiger partial charge in [0.2, 0.25) is 11.9 Å². The topological polar surface area (TPSA) is 108 Å². The molecule has 12 heteroatoms. The van der Waals surface area contributed by atoms with Crippen LogP contribution in [0.3, 0.4) is 0 Å². The van der Waals surface area contributed by atoms with Crippen LogP contribution in [0.2, 0.25) is 0 Å². The lowest BCUT2D eigenvalue weighted by Crippen LogP contribution is -2.58. The van der Waals surface area contributed by atoms with Crippen molar-refractivity contribution in [2.75, 3.05) is 29.9 Å². The number of aromatic amines is 1. The van der Waals surface area contributed by atoms with E-state index in [2.05, 4.69) is 30.5 Å². The van der Waals surface area contributed by atoms with E-state index in [4.69, 9.17) is 0 Å². The highest BCUT2D eigenvalue weighted by molar-refractivity contribution is 5.94. The Balaban J connectivity index is 1.19. The number of likely N-dealkylation sites (tertiary alicyclic amines) is 1. The van der Waals surface area contributed by atoms with Crippen molar-refractivity contribution in [3.05, 3.63) is 65.5 Å². The second-order valence-corrected chi connectivity index (χ2v) is 9.44. The number of amides is 1. The average molecular weight is 506 g/mol. The summed E-state index contributed by atoms with van der Waals surface area (Å²) < 4.78 is 28.3. The summed E-state index contributed by atoms with van der Waals surface area (Å²) in [4.78, 5) is 29.6. The third-order valence-corrected chi connectivity index (χ3v) is 6.78. The number of aryl methyl sites for hydroxylation is 1. The molecule has 0 atom stereocenters. The van der Waals surface area contributed by atoms with E-state index in [1.807, 2.05) is 48.4 Å². The summed E-state index contributed by atoms with van der Waals surface area (Å²) in [5.41, 5.74) is 5.30. The lowest BCUT2D eigenvalue weighted by Gasteiger charge is -2.38. The highest BCUT2D eigenvalue weighted by Crippen LogP contribution is 2.31. The van der Waals surface area contributed by atoms with E-state index in [1.165, 1.54) is 4.90 Å². The molecule has 2 aliphatic rings. The molecular formula is C25H25F2N9O. The molecule has 4 aromatic rings. The first-order valence-corrected chi connectivity index (χ1v) is 11.9. The number of benzene rings is 1. The number of carbonyl (C=O) groups excluding carboxylic acids is 1. The van der Waals surface area contributed by atoms with Crippen LogP contribution in [0.15, 0.2) is 42.7 Å². The number of H-pyrrole nitrogens is 1. The van der Waals surface area contributed by atoms with Crippen LogP contribution in [0, 0.1) is 6.92 Å². The number of hydrogen-bond donors (Lipinski definition) is 2. The van der Waals surface area contributed by atoms with Gasteiger partial charge in [-0.1, -0.05) is 12.1 Å². The maximum absolute atomic E-state index is 13.3. The first-order chi connectivity index (χ1) is 17.8. The van der Waals surface area contributed by atoms with E-state index >= 15 is 0 Å². The van der Waals surface area contributed by atoms with Gasteiger partial charge in [0.1, 0.15) is 11.5 Å². The van der Waals surface area contributed by atoms with Gasteiger partial charge in [0, 0.05) is 36.7 Å². The lowest BCUT2D eigenvalue weighted by atomic mass is 10.1. The molecule has 1 amide bonds. The monoisotopic (exact) mass is 505 g/mol. The molecule has 10 nitrogen and oxygen atoms in total. The Morgan fingerprint density at radius 3 is 2.59 bits per heavy atom. The van der Waals surface area contributed by atoms with E-state index in [1.54, 1.807) is 17.8 Å². The summed E-state index contributed by atoms with van der Waals surface area (Å²) in [6.45, 7) is 1.92. The molecule has 190 valence electrons. The number of alkyl halides is 2. The van der Waals surface area contributed by atoms with Crippen molar-refractivity contribution in [3.63, 3.8) is 0 Å². The highest BCUT2D eigenvalue weighted by atomic mass is 19.3. The number of carbonyl (C=O) groups is 1. The molecule has 3 aromatic heterocycles. The van der Waals surface area contributed by atoms with Gasteiger partial charge in [-0.25, -0.2) is 8.78 Å². The third kappa shape index (κ3) is 4.39. The number of nitrogens with zero attached hydrogens (tertiary/aromatic N) is 7. The quantitative estimate of drug-likeness (QED) is 0.429. The molecule has 1 saturated heterocycles. The second-order valence-electron chi connectivity index (χ2n) is 9.44. The summed E-state index contributed by atoms with van der Waals surface area (Å²) in [7, 11) is 1.80. The van der Waals surface area contributed by atoms with Crippen molar-refractivity contribution in [2.24, 2.45) is 7.05 Å². The number of nitrogens with one attached hydrogen (secondary N) is 2. The molecule has 1 aromatic carbocycles. The molecule has 37 heavy (non-hydrogen) atoms. The van der Waals surface area contributed by atoms with E-state index in [9.17, 15) is 13.6 Å². The number of rotatable bonds is 5. The Kier molecular flexibility index (Phi) is 5.39. The van der Waals surface area contributed by atoms with E-state index in [0.29, 0.717) is 42.9 Å². The first kappa shape index (κ1) is 23.1. The molecule has 0 saturated carbocycles. The minimum atomic E-state index is -2.79. The fourth-order valence-corrected chi connectivity index (χ4v) is 4.79. The predicted molar refractivity (Wildman–Crippen MR) is 133 cm³/mol. The molecule has 0 radical (unpaired) electrons. The standard InChI is InChI=1S/C25H25F2N9O/c1-15-30-23(32-19-5-3-16(4-6-19)18-10-28-29-11-18)33-24(31-15)35-8-7-17-9-20(34(2)21(17)12-35)22(37)36-13-25(26,27)14-36/h3-6,9-11H,7-8,12-14H2,1-2H3,(H,28,29)(H,30,31,32,33). The second kappa shape index (κ2) is 8.64. The van der Waals surface area contributed by atoms with Crippen LogP contribution in [-0.4, -0.2) is 66.1 Å². The first-order valence-electron chi connectivity index (χ1n) is 11.9. The van der Waals surface area contributed by atoms with Gasteiger partial charge in [0.25, 0.3) is 11.8 Å². The molecular weight excluding hydrogens is 480 g/mol. The molecule has 0 spiro atoms. The van der Waals surface area contributed by atoms with Gasteiger partial charge < -0.3 is 19.7 Å². The molecule has 1 fully saturated rings. The molecule has 5 heterocycles. The van der Waals surface area contributed by atoms with Crippen molar-refractivity contribution >= 4 is 23.5 Å². The lowest BCUT2D eigenvalue weighted by molar-refractivity contribution is -0.113. The van der Waals surface area contributed by atoms with Crippen molar-refractivity contribution < 1.29 is 13.6 Å². The SMILES string of the molecule is Cc1nc(Nc2ccc(-c3cn[nH]c3)cc2)nc(N2CCc3cc(C(=O)N4CC(F)(F)C4)n(C)c3C2)n1. The van der Waals surface area contributed by atoms with Crippen molar-refractivity contribution in [1.29, 1.82) is 0 Å². The van der Waals surface area contributed by atoms with Gasteiger partial charge >= 0.3 is 0 Å². The largest absolute Gasteiger partial charge is 0.342 e. The highest BCUT2D eigenvalue weighted by Gasteiger charge is 2.47. The molecule has 6 rings (SSSR count). The van der Waals surface area contributed by atoms with Crippen LogP contribution >= 0.6 is 0 Å². The van der Waals surface area contributed by atoms with Crippen molar-refractivity contribution in [1.82, 2.24) is 34.6 Å². The van der Waals surface area contributed by atoms with Gasteiger partial charge in [0.15, 0.2) is 0 Å². The fraction of sp³-hybridized carbons (Fsp3) is 0.320. The van der Waals surface area contributed by atoms with Crippen LogP contribution in [0.1, 0.15) is 27.6 Å². The molecule has 0 unspecified atom stereocenters. The number of aromatic nitrogens is 6. The number of hydrogen-bond acceptors (Lipinski definition) is 7. The summed E-state index contributed by atoms with van der Waals surface area (Å²) in [6.07, 6.45) is 4.29. The summed E-state index contributed by atoms with van der Waals surface area (Å²) >= 11 is 0. The molecule has 2 aliphatic heterocycles. The van der Waals surface area contributed by atoms with Crippen LogP contribution in [0.5, 0.6) is 0 Å².